The van der Waals surface area contributed by atoms with Gasteiger partial charge in [-0.15, -0.1) is 0 Å². The topological polar surface area (TPSA) is 105 Å². The van der Waals surface area contributed by atoms with Gasteiger partial charge in [-0.25, -0.2) is 4.57 Å². The van der Waals surface area contributed by atoms with E-state index >= 15 is 0 Å². The second kappa shape index (κ2) is 46.1. The number of allylic oxidation sites excluding steroid dienone is 3. The molecule has 0 fully saturated rings. The Bertz CT molecular complexity index is 1080. The minimum atomic E-state index is -4.34. The molecule has 3 N–H and O–H groups in total. The molecule has 3 atom stereocenters. The van der Waals surface area contributed by atoms with E-state index in [9.17, 15) is 19.4 Å². The smallest absolute Gasteiger partial charge is 0.387 e. The van der Waals surface area contributed by atoms with Crippen LogP contribution in [0.3, 0.4) is 0 Å². The predicted octanol–water partition coefficient (Wildman–Crippen LogP) is 16.0. The molecular weight excluding hydrogens is 804 g/mol. The van der Waals surface area contributed by atoms with Gasteiger partial charge >= 0.3 is 7.82 Å². The summed E-state index contributed by atoms with van der Waals surface area (Å²) in [5.74, 6) is -0.178. The zero-order chi connectivity index (χ0) is 46.4. The number of nitrogens with one attached hydrogen (secondary N) is 1. The molecule has 0 saturated heterocycles. The van der Waals surface area contributed by atoms with E-state index in [-0.39, 0.29) is 19.1 Å². The van der Waals surface area contributed by atoms with Crippen molar-refractivity contribution in [2.45, 2.75) is 276 Å². The molecule has 0 aromatic rings. The molecule has 0 aliphatic carbocycles. The first kappa shape index (κ1) is 62.0. The van der Waals surface area contributed by atoms with Gasteiger partial charge in [0.15, 0.2) is 0 Å². The van der Waals surface area contributed by atoms with Crippen molar-refractivity contribution in [1.29, 1.82) is 0 Å². The molecule has 0 spiro atoms. The number of nitrogens with zero attached hydrogens (tertiary/aromatic N) is 1. The first-order valence-electron chi connectivity index (χ1n) is 27.2. The summed E-state index contributed by atoms with van der Waals surface area (Å²) < 4.78 is 23.7. The van der Waals surface area contributed by atoms with Crippen LogP contribution in [0.1, 0.15) is 264 Å². The highest BCUT2D eigenvalue weighted by Crippen LogP contribution is 2.43. The van der Waals surface area contributed by atoms with Gasteiger partial charge in [-0.2, -0.15) is 0 Å². The Balaban J connectivity index is 4.27. The maximum absolute atomic E-state index is 12.9. The molecule has 0 aliphatic rings. The largest absolute Gasteiger partial charge is 0.472 e. The van der Waals surface area contributed by atoms with Crippen LogP contribution in [0.4, 0.5) is 0 Å². The summed E-state index contributed by atoms with van der Waals surface area (Å²) in [7, 11) is 1.58. The number of quaternary nitrogens is 1. The lowest BCUT2D eigenvalue weighted by atomic mass is 10.0. The van der Waals surface area contributed by atoms with E-state index in [0.717, 1.165) is 38.5 Å². The monoisotopic (exact) mass is 912 g/mol. The molecule has 0 heterocycles. The summed E-state index contributed by atoms with van der Waals surface area (Å²) in [4.78, 5) is 23.3. The van der Waals surface area contributed by atoms with Gasteiger partial charge in [-0.3, -0.25) is 13.8 Å². The van der Waals surface area contributed by atoms with Crippen LogP contribution in [0.5, 0.6) is 0 Å². The van der Waals surface area contributed by atoms with Crippen molar-refractivity contribution in [2.24, 2.45) is 0 Å². The molecule has 0 aromatic carbocycles. The zero-order valence-corrected chi connectivity index (χ0v) is 43.5. The molecule has 3 unspecified atom stereocenters. The van der Waals surface area contributed by atoms with E-state index < -0.39 is 20.0 Å². The van der Waals surface area contributed by atoms with Crippen molar-refractivity contribution in [3.63, 3.8) is 0 Å². The first-order valence-corrected chi connectivity index (χ1v) is 28.7. The average Bonchev–Trinajstić information content (AvgIpc) is 3.24. The molecule has 0 aromatic heterocycles. The highest BCUT2D eigenvalue weighted by molar-refractivity contribution is 7.47. The summed E-state index contributed by atoms with van der Waals surface area (Å²) in [6, 6.07) is -0.847. The van der Waals surface area contributed by atoms with Gasteiger partial charge < -0.3 is 19.8 Å². The lowest BCUT2D eigenvalue weighted by Gasteiger charge is -2.25. The molecule has 0 radical (unpaired) electrons. The Labute approximate surface area is 392 Å². The molecule has 0 rings (SSSR count). The fourth-order valence-corrected chi connectivity index (χ4v) is 8.83. The molecule has 8 nitrogen and oxygen atoms in total. The molecule has 9 heteroatoms. The summed E-state index contributed by atoms with van der Waals surface area (Å²) in [5, 5.41) is 13.9. The van der Waals surface area contributed by atoms with E-state index in [2.05, 4.69) is 31.3 Å². The van der Waals surface area contributed by atoms with Crippen LogP contribution in [0.25, 0.3) is 0 Å². The first-order chi connectivity index (χ1) is 30.5. The maximum Gasteiger partial charge on any atom is 0.472 e. The van der Waals surface area contributed by atoms with Crippen molar-refractivity contribution in [3.8, 4) is 0 Å². The van der Waals surface area contributed by atoms with E-state index in [1.165, 1.54) is 205 Å². The number of hydrogen-bond acceptors (Lipinski definition) is 5. The summed E-state index contributed by atoms with van der Waals surface area (Å²) in [6.45, 7) is 4.85. The lowest BCUT2D eigenvalue weighted by molar-refractivity contribution is -0.870. The van der Waals surface area contributed by atoms with Crippen molar-refractivity contribution in [2.75, 3.05) is 40.9 Å². The molecule has 0 aliphatic heterocycles. The quantitative estimate of drug-likeness (QED) is 0.0243. The number of rotatable bonds is 50. The fraction of sp³-hybridized carbons (Fsp3) is 0.907. The van der Waals surface area contributed by atoms with Crippen LogP contribution in [0.2, 0.25) is 0 Å². The van der Waals surface area contributed by atoms with Gasteiger partial charge in [-0.05, 0) is 44.9 Å². The van der Waals surface area contributed by atoms with Crippen molar-refractivity contribution >= 4 is 13.7 Å². The summed E-state index contributed by atoms with van der Waals surface area (Å²) >= 11 is 0. The number of likely N-dealkylation sites (N-methyl/N-ethyl adjacent to an activating group) is 1. The van der Waals surface area contributed by atoms with Gasteiger partial charge in [0, 0.05) is 6.42 Å². The number of carbonyl (C=O) groups is 1. The predicted molar refractivity (Wildman–Crippen MR) is 272 cm³/mol. The Morgan fingerprint density at radius 1 is 0.524 bits per heavy atom. The number of phosphoric ester groups is 1. The average molecular weight is 912 g/mol. The molecule has 63 heavy (non-hydrogen) atoms. The third-order valence-electron chi connectivity index (χ3n) is 12.4. The minimum Gasteiger partial charge on any atom is -0.387 e. The van der Waals surface area contributed by atoms with Crippen LogP contribution in [0, 0.1) is 0 Å². The maximum atomic E-state index is 12.9. The third kappa shape index (κ3) is 48.7. The van der Waals surface area contributed by atoms with Gasteiger partial charge in [0.25, 0.3) is 0 Å². The van der Waals surface area contributed by atoms with E-state index in [1.807, 2.05) is 27.2 Å². The molecular formula is C54H108N2O6P+. The van der Waals surface area contributed by atoms with E-state index in [1.54, 1.807) is 6.08 Å². The van der Waals surface area contributed by atoms with Gasteiger partial charge in [0.05, 0.1) is 39.9 Å². The van der Waals surface area contributed by atoms with Crippen molar-refractivity contribution in [1.82, 2.24) is 5.32 Å². The molecule has 0 saturated carbocycles. The van der Waals surface area contributed by atoms with E-state index in [4.69, 9.17) is 9.05 Å². The van der Waals surface area contributed by atoms with E-state index in [0.29, 0.717) is 17.4 Å². The molecule has 0 bridgehead atoms. The summed E-state index contributed by atoms with van der Waals surface area (Å²) in [5.41, 5.74) is 0. The Morgan fingerprint density at radius 2 is 0.857 bits per heavy atom. The van der Waals surface area contributed by atoms with Crippen LogP contribution in [-0.2, 0) is 18.4 Å². The Hall–Kier alpha value is -1.02. The SMILES string of the molecule is CCCCCCCCCCC/C=C\CCCCCCCCCC(=O)NC(COP(=O)(O)OCC[N+](C)(C)C)C(O)/C=C/CCCCCCCCCCCCCCCCCCCCC. The van der Waals surface area contributed by atoms with Crippen molar-refractivity contribution in [3.05, 3.63) is 24.3 Å². The van der Waals surface area contributed by atoms with Crippen molar-refractivity contribution < 1.29 is 32.9 Å². The number of unbranched alkanes of at least 4 members (excludes halogenated alkanes) is 35. The second-order valence-corrected chi connectivity index (χ2v) is 21.4. The highest BCUT2D eigenvalue weighted by Gasteiger charge is 2.27. The van der Waals surface area contributed by atoms with Crippen LogP contribution in [0.15, 0.2) is 24.3 Å². The lowest BCUT2D eigenvalue weighted by Crippen LogP contribution is -2.45. The minimum absolute atomic E-state index is 0.0622. The number of phosphoric acid groups is 1. The number of aliphatic hydroxyl groups is 1. The standard InChI is InChI=1S/C54H107N2O6P/c1-6-8-10-12-14-16-18-20-22-24-26-28-29-31-33-35-37-39-41-43-45-47-53(57)52(51-62-63(59,60)61-50-49-56(3,4)5)55-54(58)48-46-44-42-40-38-36-34-32-30-27-25-23-21-19-17-15-13-11-9-7-2/h27,30,45,47,52-53,57H,6-26,28-29,31-44,46,48-51H2,1-5H3,(H-,55,58,59,60)/p+1/b30-27-,47-45+. The van der Waals surface area contributed by atoms with Crippen LogP contribution in [-0.4, -0.2) is 73.4 Å². The summed E-state index contributed by atoms with van der Waals surface area (Å²) in [6.07, 6.45) is 56.9. The van der Waals surface area contributed by atoms with Crippen LogP contribution >= 0.6 is 7.82 Å². The van der Waals surface area contributed by atoms with Gasteiger partial charge in [0.1, 0.15) is 13.2 Å². The molecule has 1 amide bonds. The van der Waals surface area contributed by atoms with Gasteiger partial charge in [-0.1, -0.05) is 237 Å². The fourth-order valence-electron chi connectivity index (χ4n) is 8.10. The number of hydrogen-bond donors (Lipinski definition) is 3. The zero-order valence-electron chi connectivity index (χ0n) is 42.6. The molecule has 374 valence electrons. The highest BCUT2D eigenvalue weighted by atomic mass is 31.2. The Morgan fingerprint density at radius 3 is 1.22 bits per heavy atom. The second-order valence-electron chi connectivity index (χ2n) is 20.0. The third-order valence-corrected chi connectivity index (χ3v) is 13.4. The van der Waals surface area contributed by atoms with Crippen LogP contribution < -0.4 is 5.32 Å². The number of amides is 1. The number of aliphatic hydroxyl groups excluding tert-OH is 1. The number of carbonyl (C=O) groups excluding carboxylic acids is 1. The Kier molecular flexibility index (Phi) is 45.4. The normalized spacial score (nSPS) is 14.2. The van der Waals surface area contributed by atoms with Gasteiger partial charge in [0.2, 0.25) is 5.91 Å².